The summed E-state index contributed by atoms with van der Waals surface area (Å²) >= 11 is 0. The lowest BCUT2D eigenvalue weighted by molar-refractivity contribution is -0.133. The highest BCUT2D eigenvalue weighted by Gasteiger charge is 2.50. The monoisotopic (exact) mass is 445 g/mol. The molecule has 4 amide bonds. The molecule has 0 radical (unpaired) electrons. The molecule has 0 bridgehead atoms. The molecule has 32 heavy (non-hydrogen) atoms. The van der Waals surface area contributed by atoms with E-state index in [0.717, 1.165) is 4.90 Å². The number of nitrogens with zero attached hydrogens (tertiary/aromatic N) is 1. The van der Waals surface area contributed by atoms with Crippen molar-refractivity contribution in [3.63, 3.8) is 0 Å². The van der Waals surface area contributed by atoms with Crippen LogP contribution >= 0.6 is 0 Å². The standard InChI is InChI=1S/C22H24FN3O6/c1-12-6-7-15(14(23)8-12)24-18(27)11-26-20(28)22(2,25-21(26)29)13-9-16(30-3)19(32-5)17(10-13)31-4/h6-10H,11H2,1-5H3,(H,24,27)(H,25,29)/t22-/m1/s1. The molecular formula is C22H24FN3O6. The Kier molecular flexibility index (Phi) is 6.24. The van der Waals surface area contributed by atoms with Crippen molar-refractivity contribution >= 4 is 23.5 Å². The van der Waals surface area contributed by atoms with Crippen molar-refractivity contribution in [2.75, 3.05) is 33.2 Å². The Morgan fingerprint density at radius 1 is 1.09 bits per heavy atom. The summed E-state index contributed by atoms with van der Waals surface area (Å²) in [7, 11) is 4.31. The zero-order chi connectivity index (χ0) is 23.6. The predicted octanol–water partition coefficient (Wildman–Crippen LogP) is 2.57. The van der Waals surface area contributed by atoms with E-state index in [9.17, 15) is 18.8 Å². The van der Waals surface area contributed by atoms with E-state index in [2.05, 4.69) is 10.6 Å². The Balaban J connectivity index is 1.85. The third kappa shape index (κ3) is 4.03. The quantitative estimate of drug-likeness (QED) is 0.635. The van der Waals surface area contributed by atoms with Gasteiger partial charge in [0, 0.05) is 0 Å². The summed E-state index contributed by atoms with van der Waals surface area (Å²) in [6.07, 6.45) is 0. The van der Waals surface area contributed by atoms with Gasteiger partial charge in [-0.15, -0.1) is 0 Å². The molecule has 0 aromatic heterocycles. The summed E-state index contributed by atoms with van der Waals surface area (Å²) in [5.41, 5.74) is -0.465. The van der Waals surface area contributed by atoms with Gasteiger partial charge in [-0.2, -0.15) is 0 Å². The number of methoxy groups -OCH3 is 3. The van der Waals surface area contributed by atoms with Crippen molar-refractivity contribution in [1.82, 2.24) is 10.2 Å². The van der Waals surface area contributed by atoms with Crippen LogP contribution in [0.2, 0.25) is 0 Å². The summed E-state index contributed by atoms with van der Waals surface area (Å²) in [6.45, 7) is 2.63. The van der Waals surface area contributed by atoms with Crippen molar-refractivity contribution in [3.8, 4) is 17.2 Å². The molecule has 2 aromatic rings. The first-order valence-electron chi connectivity index (χ1n) is 9.65. The summed E-state index contributed by atoms with van der Waals surface area (Å²) < 4.78 is 29.9. The molecule has 0 unspecified atom stereocenters. The molecule has 10 heteroatoms. The summed E-state index contributed by atoms with van der Waals surface area (Å²) in [5, 5.41) is 4.99. The van der Waals surface area contributed by atoms with Crippen LogP contribution < -0.4 is 24.8 Å². The van der Waals surface area contributed by atoms with Crippen LogP contribution in [-0.2, 0) is 15.1 Å². The first kappa shape index (κ1) is 22.9. The smallest absolute Gasteiger partial charge is 0.325 e. The number of hydrogen-bond acceptors (Lipinski definition) is 6. The minimum Gasteiger partial charge on any atom is -0.493 e. The average molecular weight is 445 g/mol. The van der Waals surface area contributed by atoms with Crippen LogP contribution in [0.4, 0.5) is 14.9 Å². The van der Waals surface area contributed by atoms with Crippen LogP contribution in [0.5, 0.6) is 17.2 Å². The molecule has 1 heterocycles. The fourth-order valence-electron chi connectivity index (χ4n) is 3.46. The second-order valence-corrected chi connectivity index (χ2v) is 7.39. The predicted molar refractivity (Wildman–Crippen MR) is 113 cm³/mol. The summed E-state index contributed by atoms with van der Waals surface area (Å²) in [5.74, 6) is -1.05. The summed E-state index contributed by atoms with van der Waals surface area (Å²) in [4.78, 5) is 38.9. The lowest BCUT2D eigenvalue weighted by Gasteiger charge is -2.24. The van der Waals surface area contributed by atoms with Crippen LogP contribution in [0, 0.1) is 12.7 Å². The van der Waals surface area contributed by atoms with Gasteiger partial charge in [-0.3, -0.25) is 14.5 Å². The lowest BCUT2D eigenvalue weighted by Crippen LogP contribution is -2.42. The van der Waals surface area contributed by atoms with Gasteiger partial charge >= 0.3 is 6.03 Å². The molecule has 1 saturated heterocycles. The van der Waals surface area contributed by atoms with Gasteiger partial charge in [0.1, 0.15) is 17.9 Å². The molecule has 0 spiro atoms. The minimum absolute atomic E-state index is 0.0416. The first-order valence-corrected chi connectivity index (χ1v) is 9.65. The number of halogens is 1. The van der Waals surface area contributed by atoms with Gasteiger partial charge < -0.3 is 24.8 Å². The maximum Gasteiger partial charge on any atom is 0.325 e. The van der Waals surface area contributed by atoms with E-state index in [1.807, 2.05) is 0 Å². The summed E-state index contributed by atoms with van der Waals surface area (Å²) in [6, 6.07) is 6.65. The number of benzene rings is 2. The molecule has 1 aliphatic rings. The number of hydrogen-bond donors (Lipinski definition) is 2. The Morgan fingerprint density at radius 2 is 1.72 bits per heavy atom. The van der Waals surface area contributed by atoms with Crippen molar-refractivity contribution in [1.29, 1.82) is 0 Å². The molecule has 170 valence electrons. The molecule has 0 aliphatic carbocycles. The number of ether oxygens (including phenoxy) is 3. The number of rotatable bonds is 7. The highest BCUT2D eigenvalue weighted by molar-refractivity contribution is 6.10. The zero-order valence-electron chi connectivity index (χ0n) is 18.4. The molecular weight excluding hydrogens is 421 g/mol. The van der Waals surface area contributed by atoms with Crippen LogP contribution in [0.15, 0.2) is 30.3 Å². The fourth-order valence-corrected chi connectivity index (χ4v) is 3.46. The Labute approximate surface area is 184 Å². The second-order valence-electron chi connectivity index (χ2n) is 7.39. The topological polar surface area (TPSA) is 106 Å². The maximum absolute atomic E-state index is 14.0. The van der Waals surface area contributed by atoms with E-state index in [-0.39, 0.29) is 5.69 Å². The molecule has 9 nitrogen and oxygen atoms in total. The average Bonchev–Trinajstić information content (AvgIpc) is 2.98. The van der Waals surface area contributed by atoms with Gasteiger partial charge in [0.05, 0.1) is 27.0 Å². The van der Waals surface area contributed by atoms with Crippen molar-refractivity contribution < 1.29 is 33.0 Å². The molecule has 1 aliphatic heterocycles. The third-order valence-corrected chi connectivity index (χ3v) is 5.22. The van der Waals surface area contributed by atoms with E-state index in [4.69, 9.17) is 14.2 Å². The zero-order valence-corrected chi connectivity index (χ0v) is 18.4. The molecule has 2 aromatic carbocycles. The number of anilines is 1. The van der Waals surface area contributed by atoms with E-state index >= 15 is 0 Å². The van der Waals surface area contributed by atoms with Crippen molar-refractivity contribution in [3.05, 3.63) is 47.3 Å². The van der Waals surface area contributed by atoms with Gasteiger partial charge in [-0.25, -0.2) is 9.18 Å². The van der Waals surface area contributed by atoms with Crippen LogP contribution in [0.1, 0.15) is 18.1 Å². The lowest BCUT2D eigenvalue weighted by atomic mass is 9.91. The number of imide groups is 1. The van der Waals surface area contributed by atoms with Gasteiger partial charge in [-0.05, 0) is 49.2 Å². The maximum atomic E-state index is 14.0. The molecule has 3 rings (SSSR count). The highest BCUT2D eigenvalue weighted by Crippen LogP contribution is 2.42. The van der Waals surface area contributed by atoms with Crippen molar-refractivity contribution in [2.45, 2.75) is 19.4 Å². The molecule has 0 saturated carbocycles. The number of urea groups is 1. The van der Waals surface area contributed by atoms with E-state index in [1.165, 1.54) is 40.4 Å². The SMILES string of the molecule is COc1cc([C@@]2(C)NC(=O)N(CC(=O)Nc3ccc(C)cc3F)C2=O)cc(OC)c1OC. The number of aryl methyl sites for hydroxylation is 1. The normalized spacial score (nSPS) is 17.8. The molecule has 2 N–H and O–H groups in total. The van der Waals surface area contributed by atoms with Gasteiger partial charge in [0.15, 0.2) is 11.5 Å². The third-order valence-electron chi connectivity index (χ3n) is 5.22. The Morgan fingerprint density at radius 3 is 2.25 bits per heavy atom. The van der Waals surface area contributed by atoms with Crippen LogP contribution in [0.3, 0.4) is 0 Å². The second kappa shape index (κ2) is 8.74. The Bertz CT molecular complexity index is 1060. The molecule has 1 fully saturated rings. The molecule has 1 atom stereocenters. The number of carbonyl (C=O) groups is 3. The minimum atomic E-state index is -1.49. The number of amides is 4. The van der Waals surface area contributed by atoms with E-state index in [0.29, 0.717) is 28.4 Å². The van der Waals surface area contributed by atoms with Gasteiger partial charge in [0.25, 0.3) is 5.91 Å². The van der Waals surface area contributed by atoms with E-state index < -0.39 is 35.7 Å². The number of carbonyl (C=O) groups excluding carboxylic acids is 3. The Hall–Kier alpha value is -3.82. The fraction of sp³-hybridized carbons (Fsp3) is 0.318. The van der Waals surface area contributed by atoms with Gasteiger partial charge in [0.2, 0.25) is 11.7 Å². The largest absolute Gasteiger partial charge is 0.493 e. The van der Waals surface area contributed by atoms with Crippen LogP contribution in [-0.4, -0.2) is 50.6 Å². The van der Waals surface area contributed by atoms with Gasteiger partial charge in [-0.1, -0.05) is 6.07 Å². The van der Waals surface area contributed by atoms with Crippen LogP contribution in [0.25, 0.3) is 0 Å². The number of nitrogens with one attached hydrogen (secondary N) is 2. The first-order chi connectivity index (χ1) is 15.1. The highest BCUT2D eigenvalue weighted by atomic mass is 19.1. The van der Waals surface area contributed by atoms with E-state index in [1.54, 1.807) is 25.1 Å². The van der Waals surface area contributed by atoms with Crippen molar-refractivity contribution in [2.24, 2.45) is 0 Å².